The summed E-state index contributed by atoms with van der Waals surface area (Å²) in [7, 11) is 0. The summed E-state index contributed by atoms with van der Waals surface area (Å²) in [6, 6.07) is 5.78. The lowest BCUT2D eigenvalue weighted by Gasteiger charge is -2.17. The lowest BCUT2D eigenvalue weighted by molar-refractivity contribution is -0.134. The zero-order chi connectivity index (χ0) is 10.8. The van der Waals surface area contributed by atoms with E-state index in [1.165, 1.54) is 13.2 Å². The largest absolute Gasteiger partial charge is 0.493 e. The van der Waals surface area contributed by atoms with Crippen LogP contribution in [0, 0.1) is 0 Å². The lowest BCUT2D eigenvalue weighted by atomic mass is 10.1. The summed E-state index contributed by atoms with van der Waals surface area (Å²) in [5.41, 5.74) is 1.91. The first-order chi connectivity index (χ1) is 7.16. The van der Waals surface area contributed by atoms with Crippen molar-refractivity contribution in [2.45, 2.75) is 13.5 Å². The van der Waals surface area contributed by atoms with Crippen molar-refractivity contribution < 1.29 is 14.3 Å². The molecule has 0 radical (unpaired) electrons. The highest BCUT2D eigenvalue weighted by Gasteiger charge is 2.16. The van der Waals surface area contributed by atoms with E-state index in [2.05, 4.69) is 15.9 Å². The van der Waals surface area contributed by atoms with Crippen molar-refractivity contribution in [3.8, 4) is 0 Å². The number of ether oxygens (including phenoxy) is 2. The molecule has 0 aromatic heterocycles. The van der Waals surface area contributed by atoms with E-state index < -0.39 is 0 Å². The Balaban J connectivity index is 2.40. The first-order valence-corrected chi connectivity index (χ1v) is 5.25. The van der Waals surface area contributed by atoms with Gasteiger partial charge in [0.15, 0.2) is 5.76 Å². The molecule has 15 heavy (non-hydrogen) atoms. The zero-order valence-electron chi connectivity index (χ0n) is 8.12. The summed E-state index contributed by atoms with van der Waals surface area (Å²) in [5.74, 6) is 0.114. The molecule has 1 aromatic rings. The summed E-state index contributed by atoms with van der Waals surface area (Å²) in [5, 5.41) is 0. The van der Waals surface area contributed by atoms with Crippen molar-refractivity contribution in [3.05, 3.63) is 40.1 Å². The van der Waals surface area contributed by atoms with Crippen molar-refractivity contribution in [3.63, 3.8) is 0 Å². The Morgan fingerprint density at radius 2 is 2.33 bits per heavy atom. The zero-order valence-corrected chi connectivity index (χ0v) is 9.71. The molecule has 78 valence electrons. The topological polar surface area (TPSA) is 35.5 Å². The first-order valence-electron chi connectivity index (χ1n) is 4.46. The third kappa shape index (κ3) is 2.21. The van der Waals surface area contributed by atoms with Crippen LogP contribution in [0.4, 0.5) is 0 Å². The van der Waals surface area contributed by atoms with Crippen LogP contribution in [0.2, 0.25) is 0 Å². The third-order valence-electron chi connectivity index (χ3n) is 2.02. The normalized spacial score (nSPS) is 13.6. The van der Waals surface area contributed by atoms with Gasteiger partial charge in [0.25, 0.3) is 0 Å². The van der Waals surface area contributed by atoms with Crippen LogP contribution in [0.1, 0.15) is 18.1 Å². The molecule has 0 amide bonds. The second-order valence-corrected chi connectivity index (χ2v) is 4.10. The molecule has 4 heteroatoms. The van der Waals surface area contributed by atoms with Crippen LogP contribution in [0.25, 0.3) is 5.76 Å². The van der Waals surface area contributed by atoms with Gasteiger partial charge in [-0.3, -0.25) is 4.79 Å². The molecule has 0 bridgehead atoms. The van der Waals surface area contributed by atoms with E-state index in [-0.39, 0.29) is 5.97 Å². The maximum atomic E-state index is 10.9. The van der Waals surface area contributed by atoms with Gasteiger partial charge in [0.05, 0.1) is 0 Å². The molecule has 0 aliphatic carbocycles. The van der Waals surface area contributed by atoms with Gasteiger partial charge in [-0.15, -0.1) is 0 Å². The maximum Gasteiger partial charge on any atom is 0.308 e. The van der Waals surface area contributed by atoms with Crippen LogP contribution in [0.3, 0.4) is 0 Å². The highest BCUT2D eigenvalue weighted by Crippen LogP contribution is 2.28. The van der Waals surface area contributed by atoms with Gasteiger partial charge in [-0.25, -0.2) is 0 Å². The third-order valence-corrected chi connectivity index (χ3v) is 2.51. The lowest BCUT2D eigenvalue weighted by Crippen LogP contribution is -2.06. The minimum Gasteiger partial charge on any atom is -0.493 e. The predicted octanol–water partition coefficient (Wildman–Crippen LogP) is 2.84. The smallest absolute Gasteiger partial charge is 0.308 e. The van der Waals surface area contributed by atoms with Gasteiger partial charge in [-0.05, 0) is 12.1 Å². The summed E-state index contributed by atoms with van der Waals surface area (Å²) < 4.78 is 11.2. The molecular weight excluding hydrogens is 260 g/mol. The van der Waals surface area contributed by atoms with Crippen molar-refractivity contribution in [1.29, 1.82) is 0 Å². The molecule has 1 aliphatic rings. The minimum absolute atomic E-state index is 0.349. The standard InChI is InChI=1S/C11H9BrO3/c1-7(13)15-11-6-14-5-8-2-3-9(12)4-10(8)11/h2-4,6H,5H2,1H3. The fourth-order valence-corrected chi connectivity index (χ4v) is 1.77. The Morgan fingerprint density at radius 1 is 1.53 bits per heavy atom. The molecule has 0 spiro atoms. The van der Waals surface area contributed by atoms with Crippen molar-refractivity contribution >= 4 is 27.7 Å². The predicted molar refractivity (Wildman–Crippen MR) is 58.7 cm³/mol. The van der Waals surface area contributed by atoms with Crippen LogP contribution in [0.5, 0.6) is 0 Å². The molecule has 0 saturated heterocycles. The van der Waals surface area contributed by atoms with E-state index in [0.29, 0.717) is 12.4 Å². The summed E-state index contributed by atoms with van der Waals surface area (Å²) in [4.78, 5) is 10.9. The van der Waals surface area contributed by atoms with Gasteiger partial charge >= 0.3 is 5.97 Å². The molecule has 1 aliphatic heterocycles. The second kappa shape index (κ2) is 4.06. The maximum absolute atomic E-state index is 10.9. The SMILES string of the molecule is CC(=O)OC1=COCc2ccc(Br)cc21. The number of benzene rings is 1. The number of halogens is 1. The molecular formula is C11H9BrO3. The Kier molecular flexibility index (Phi) is 2.77. The van der Waals surface area contributed by atoms with Crippen molar-refractivity contribution in [2.24, 2.45) is 0 Å². The van der Waals surface area contributed by atoms with Gasteiger partial charge in [-0.2, -0.15) is 0 Å². The fourth-order valence-electron chi connectivity index (χ4n) is 1.41. The van der Waals surface area contributed by atoms with E-state index in [1.807, 2.05) is 18.2 Å². The van der Waals surface area contributed by atoms with E-state index in [1.54, 1.807) is 0 Å². The number of carbonyl (C=O) groups excluding carboxylic acids is 1. The Labute approximate surface area is 95.8 Å². The van der Waals surface area contributed by atoms with E-state index in [0.717, 1.165) is 15.6 Å². The molecule has 3 nitrogen and oxygen atoms in total. The molecule has 0 saturated carbocycles. The van der Waals surface area contributed by atoms with Crippen LogP contribution >= 0.6 is 15.9 Å². The molecule has 0 atom stereocenters. The van der Waals surface area contributed by atoms with Gasteiger partial charge in [-0.1, -0.05) is 22.0 Å². The Hall–Kier alpha value is -1.29. The molecule has 0 N–H and O–H groups in total. The molecule has 0 unspecified atom stereocenters. The average molecular weight is 269 g/mol. The number of hydrogen-bond donors (Lipinski definition) is 0. The van der Waals surface area contributed by atoms with Crippen LogP contribution < -0.4 is 0 Å². The summed E-state index contributed by atoms with van der Waals surface area (Å²) >= 11 is 3.38. The molecule has 2 rings (SSSR count). The van der Waals surface area contributed by atoms with Gasteiger partial charge < -0.3 is 9.47 Å². The molecule has 1 aromatic carbocycles. The van der Waals surface area contributed by atoms with E-state index >= 15 is 0 Å². The number of hydrogen-bond acceptors (Lipinski definition) is 3. The summed E-state index contributed by atoms with van der Waals surface area (Å²) in [6.07, 6.45) is 1.47. The Bertz CT molecular complexity index is 437. The quantitative estimate of drug-likeness (QED) is 0.735. The van der Waals surface area contributed by atoms with Crippen molar-refractivity contribution in [2.75, 3.05) is 0 Å². The summed E-state index contributed by atoms with van der Waals surface area (Å²) in [6.45, 7) is 1.88. The van der Waals surface area contributed by atoms with Gasteiger partial charge in [0.2, 0.25) is 0 Å². The van der Waals surface area contributed by atoms with Gasteiger partial charge in [0.1, 0.15) is 12.9 Å². The highest BCUT2D eigenvalue weighted by atomic mass is 79.9. The number of esters is 1. The Morgan fingerprint density at radius 3 is 3.07 bits per heavy atom. The van der Waals surface area contributed by atoms with Crippen LogP contribution in [0.15, 0.2) is 28.9 Å². The highest BCUT2D eigenvalue weighted by molar-refractivity contribution is 9.10. The monoisotopic (exact) mass is 268 g/mol. The van der Waals surface area contributed by atoms with E-state index in [9.17, 15) is 4.79 Å². The molecule has 0 fully saturated rings. The number of carbonyl (C=O) groups is 1. The molecule has 1 heterocycles. The number of fused-ring (bicyclic) bond motifs is 1. The van der Waals surface area contributed by atoms with E-state index in [4.69, 9.17) is 9.47 Å². The minimum atomic E-state index is -0.349. The van der Waals surface area contributed by atoms with Gasteiger partial charge in [0, 0.05) is 22.5 Å². The van der Waals surface area contributed by atoms with Crippen molar-refractivity contribution in [1.82, 2.24) is 0 Å². The van der Waals surface area contributed by atoms with Crippen LogP contribution in [-0.4, -0.2) is 5.97 Å². The second-order valence-electron chi connectivity index (χ2n) is 3.19. The van der Waals surface area contributed by atoms with Crippen LogP contribution in [-0.2, 0) is 20.9 Å². The average Bonchev–Trinajstić information content (AvgIpc) is 2.18. The fraction of sp³-hybridized carbons (Fsp3) is 0.182. The first kappa shape index (κ1) is 10.2. The number of rotatable bonds is 1.